The Morgan fingerprint density at radius 1 is 1.50 bits per heavy atom. The number of aryl methyl sites for hydroxylation is 2. The Balaban J connectivity index is 2.19. The van der Waals surface area contributed by atoms with E-state index < -0.39 is 0 Å². The lowest BCUT2D eigenvalue weighted by atomic mass is 10.3. The molecule has 1 heterocycles. The van der Waals surface area contributed by atoms with Crippen LogP contribution in [0.2, 0.25) is 5.02 Å². The fourth-order valence-corrected chi connectivity index (χ4v) is 2.22. The molecule has 0 radical (unpaired) electrons. The molecule has 0 aliphatic carbocycles. The summed E-state index contributed by atoms with van der Waals surface area (Å²) in [5.74, 6) is 0.685. The molecule has 0 atom stereocenters. The number of nitrogens with two attached hydrogens (primary N) is 1. The van der Waals surface area contributed by atoms with E-state index in [4.69, 9.17) is 22.1 Å². The van der Waals surface area contributed by atoms with Crippen molar-refractivity contribution in [2.45, 2.75) is 13.5 Å². The van der Waals surface area contributed by atoms with Crippen molar-refractivity contribution in [3.63, 3.8) is 0 Å². The Hall–Kier alpha value is -1.20. The molecule has 0 saturated heterocycles. The molecule has 0 fully saturated rings. The average molecular weight is 331 g/mol. The molecular weight excluding hydrogens is 318 g/mol. The zero-order valence-electron chi connectivity index (χ0n) is 10.1. The first-order valence-electron chi connectivity index (χ1n) is 5.35. The summed E-state index contributed by atoms with van der Waals surface area (Å²) in [6, 6.07) is 5.49. The molecule has 4 nitrogen and oxygen atoms in total. The van der Waals surface area contributed by atoms with Crippen LogP contribution in [0.15, 0.2) is 22.7 Å². The number of nitrogen functional groups attached to an aromatic ring is 1. The second-order valence-corrected chi connectivity index (χ2v) is 5.09. The second-order valence-electron chi connectivity index (χ2n) is 3.92. The fraction of sp³-hybridized carbons (Fsp3) is 0.250. The van der Waals surface area contributed by atoms with Gasteiger partial charge in [-0.2, -0.15) is 5.10 Å². The summed E-state index contributed by atoms with van der Waals surface area (Å²) in [6.07, 6.45) is 0. The Morgan fingerprint density at radius 3 is 2.83 bits per heavy atom. The van der Waals surface area contributed by atoms with Crippen LogP contribution in [-0.4, -0.2) is 9.78 Å². The van der Waals surface area contributed by atoms with Gasteiger partial charge in [0.15, 0.2) is 0 Å². The molecule has 1 aromatic heterocycles. The Kier molecular flexibility index (Phi) is 3.82. The Bertz CT molecular complexity index is 583. The minimum absolute atomic E-state index is 0.345. The van der Waals surface area contributed by atoms with E-state index in [0.29, 0.717) is 23.1 Å². The number of anilines is 1. The number of nitrogens with zero attached hydrogens (tertiary/aromatic N) is 2. The first-order chi connectivity index (χ1) is 8.50. The topological polar surface area (TPSA) is 53.1 Å². The lowest BCUT2D eigenvalue weighted by molar-refractivity contribution is 0.293. The average Bonchev–Trinajstić information content (AvgIpc) is 2.56. The van der Waals surface area contributed by atoms with Crippen LogP contribution in [0.25, 0.3) is 0 Å². The quantitative estimate of drug-likeness (QED) is 0.879. The van der Waals surface area contributed by atoms with E-state index in [9.17, 15) is 0 Å². The maximum atomic E-state index is 6.15. The third-order valence-corrected chi connectivity index (χ3v) is 3.96. The lowest BCUT2D eigenvalue weighted by Gasteiger charge is -2.10. The molecule has 0 saturated carbocycles. The normalized spacial score (nSPS) is 10.7. The number of benzene rings is 1. The van der Waals surface area contributed by atoms with Gasteiger partial charge in [0.1, 0.15) is 12.4 Å². The van der Waals surface area contributed by atoms with Gasteiger partial charge in [-0.25, -0.2) is 0 Å². The van der Waals surface area contributed by atoms with Gasteiger partial charge >= 0.3 is 0 Å². The van der Waals surface area contributed by atoms with Crippen molar-refractivity contribution in [3.05, 3.63) is 39.1 Å². The highest BCUT2D eigenvalue weighted by molar-refractivity contribution is 9.10. The third-order valence-electron chi connectivity index (χ3n) is 2.62. The molecule has 2 rings (SSSR count). The van der Waals surface area contributed by atoms with Crippen molar-refractivity contribution in [1.29, 1.82) is 0 Å². The van der Waals surface area contributed by atoms with Crippen molar-refractivity contribution < 1.29 is 4.74 Å². The number of halogens is 2. The molecule has 2 aromatic rings. The van der Waals surface area contributed by atoms with E-state index in [0.717, 1.165) is 15.9 Å². The van der Waals surface area contributed by atoms with Crippen molar-refractivity contribution >= 4 is 33.2 Å². The highest BCUT2D eigenvalue weighted by Gasteiger charge is 2.12. The number of rotatable bonds is 3. The van der Waals surface area contributed by atoms with Crippen LogP contribution in [0, 0.1) is 6.92 Å². The Morgan fingerprint density at radius 2 is 2.22 bits per heavy atom. The highest BCUT2D eigenvalue weighted by atomic mass is 79.9. The molecule has 18 heavy (non-hydrogen) atoms. The Labute approximate surface area is 119 Å². The van der Waals surface area contributed by atoms with E-state index >= 15 is 0 Å². The maximum absolute atomic E-state index is 6.15. The molecule has 0 bridgehead atoms. The number of aromatic nitrogens is 2. The van der Waals surface area contributed by atoms with Gasteiger partial charge in [-0.1, -0.05) is 17.7 Å². The summed E-state index contributed by atoms with van der Waals surface area (Å²) in [6.45, 7) is 2.21. The zero-order chi connectivity index (χ0) is 13.3. The predicted octanol–water partition coefficient (Wildman–Crippen LogP) is 3.31. The first-order valence-corrected chi connectivity index (χ1v) is 6.52. The van der Waals surface area contributed by atoms with Crippen LogP contribution < -0.4 is 10.5 Å². The minimum Gasteiger partial charge on any atom is -0.486 e. The molecule has 96 valence electrons. The monoisotopic (exact) mass is 329 g/mol. The molecule has 0 unspecified atom stereocenters. The van der Waals surface area contributed by atoms with Gasteiger partial charge in [0.25, 0.3) is 0 Å². The molecule has 0 aliphatic rings. The second kappa shape index (κ2) is 5.20. The SMILES string of the molecule is Cc1nn(C)c(COc2cccc(N)c2Br)c1Cl. The van der Waals surface area contributed by atoms with Gasteiger partial charge in [0.05, 0.1) is 20.9 Å². The van der Waals surface area contributed by atoms with E-state index in [2.05, 4.69) is 21.0 Å². The molecule has 0 aliphatic heterocycles. The third kappa shape index (κ3) is 2.47. The standard InChI is InChI=1S/C12H13BrClN3O/c1-7-12(14)9(17(2)16-7)6-18-10-5-3-4-8(15)11(10)13/h3-5H,6,15H2,1-2H3. The molecule has 0 spiro atoms. The molecular formula is C12H13BrClN3O. The van der Waals surface area contributed by atoms with Gasteiger partial charge < -0.3 is 10.5 Å². The van der Waals surface area contributed by atoms with E-state index in [1.807, 2.05) is 26.1 Å². The van der Waals surface area contributed by atoms with Crippen LogP contribution >= 0.6 is 27.5 Å². The maximum Gasteiger partial charge on any atom is 0.136 e. The fourth-order valence-electron chi connectivity index (χ4n) is 1.62. The number of hydrogen-bond acceptors (Lipinski definition) is 3. The number of ether oxygens (including phenoxy) is 1. The van der Waals surface area contributed by atoms with Crippen LogP contribution in [0.5, 0.6) is 5.75 Å². The smallest absolute Gasteiger partial charge is 0.136 e. The van der Waals surface area contributed by atoms with Gasteiger partial charge in [0, 0.05) is 12.7 Å². The van der Waals surface area contributed by atoms with Crippen LogP contribution in [-0.2, 0) is 13.7 Å². The number of hydrogen-bond donors (Lipinski definition) is 1. The summed E-state index contributed by atoms with van der Waals surface area (Å²) in [4.78, 5) is 0. The van der Waals surface area contributed by atoms with Crippen molar-refractivity contribution in [3.8, 4) is 5.75 Å². The summed E-state index contributed by atoms with van der Waals surface area (Å²) in [5.41, 5.74) is 8.05. The summed E-state index contributed by atoms with van der Waals surface area (Å²) in [5, 5.41) is 4.87. The molecule has 6 heteroatoms. The summed E-state index contributed by atoms with van der Waals surface area (Å²) < 4.78 is 8.18. The molecule has 0 amide bonds. The van der Waals surface area contributed by atoms with E-state index in [-0.39, 0.29) is 0 Å². The van der Waals surface area contributed by atoms with Crippen LogP contribution in [0.4, 0.5) is 5.69 Å². The molecule has 2 N–H and O–H groups in total. The largest absolute Gasteiger partial charge is 0.486 e. The van der Waals surface area contributed by atoms with Gasteiger partial charge in [-0.05, 0) is 35.0 Å². The zero-order valence-corrected chi connectivity index (χ0v) is 12.4. The minimum atomic E-state index is 0.345. The van der Waals surface area contributed by atoms with Crippen molar-refractivity contribution in [2.24, 2.45) is 7.05 Å². The van der Waals surface area contributed by atoms with E-state index in [1.54, 1.807) is 10.7 Å². The lowest BCUT2D eigenvalue weighted by Crippen LogP contribution is -2.04. The van der Waals surface area contributed by atoms with E-state index in [1.165, 1.54) is 0 Å². The van der Waals surface area contributed by atoms with Gasteiger partial charge in [-0.15, -0.1) is 0 Å². The first kappa shape index (κ1) is 13.2. The summed E-state index contributed by atoms with van der Waals surface area (Å²) >= 11 is 9.54. The van der Waals surface area contributed by atoms with Crippen LogP contribution in [0.3, 0.4) is 0 Å². The predicted molar refractivity (Wildman–Crippen MR) is 75.8 cm³/mol. The van der Waals surface area contributed by atoms with Crippen molar-refractivity contribution in [2.75, 3.05) is 5.73 Å². The summed E-state index contributed by atoms with van der Waals surface area (Å²) in [7, 11) is 1.84. The van der Waals surface area contributed by atoms with Gasteiger partial charge in [0.2, 0.25) is 0 Å². The highest BCUT2D eigenvalue weighted by Crippen LogP contribution is 2.31. The van der Waals surface area contributed by atoms with Crippen molar-refractivity contribution in [1.82, 2.24) is 9.78 Å². The van der Waals surface area contributed by atoms with Gasteiger partial charge in [-0.3, -0.25) is 4.68 Å². The molecule has 1 aromatic carbocycles. The van der Waals surface area contributed by atoms with Crippen LogP contribution in [0.1, 0.15) is 11.4 Å².